The van der Waals surface area contributed by atoms with Gasteiger partial charge < -0.3 is 0 Å². The summed E-state index contributed by atoms with van der Waals surface area (Å²) in [5.74, 6) is 0. The maximum absolute atomic E-state index is 4.42. The van der Waals surface area contributed by atoms with E-state index in [0.717, 1.165) is 19.3 Å². The van der Waals surface area contributed by atoms with Gasteiger partial charge in [0.15, 0.2) is 0 Å². The number of allylic oxidation sites excluding steroid dienone is 2. The molecule has 0 radical (unpaired) electrons. The minimum Gasteiger partial charge on any atom is -0.283 e. The summed E-state index contributed by atoms with van der Waals surface area (Å²) in [5.41, 5.74) is 7.29. The first kappa shape index (κ1) is 10.3. The topological polar surface area (TPSA) is 24.4 Å². The molecule has 0 unspecified atom stereocenters. The molecule has 0 aromatic rings. The zero-order valence-electron chi connectivity index (χ0n) is 8.98. The average Bonchev–Trinajstić information content (AvgIpc) is 2.30. The summed E-state index contributed by atoms with van der Waals surface area (Å²) in [7, 11) is 0. The molecule has 2 heteroatoms. The van der Waals surface area contributed by atoms with Gasteiger partial charge in [-0.05, 0) is 32.6 Å². The van der Waals surface area contributed by atoms with Crippen LogP contribution in [0.3, 0.4) is 0 Å². The standard InChI is InChI=1S/C11H20N2/c1-4-6-10-8-7-9(3)11(5-2)13-12-10/h13H,4-8H2,1-3H3. The molecule has 1 aliphatic heterocycles. The molecule has 0 fully saturated rings. The Hall–Kier alpha value is -0.790. The Morgan fingerprint density at radius 2 is 2.08 bits per heavy atom. The Labute approximate surface area is 81.1 Å². The summed E-state index contributed by atoms with van der Waals surface area (Å²) in [6, 6.07) is 0. The first-order chi connectivity index (χ1) is 6.27. The Kier molecular flexibility index (Phi) is 4.00. The van der Waals surface area contributed by atoms with Crippen LogP contribution in [-0.4, -0.2) is 5.71 Å². The molecule has 0 amide bonds. The molecule has 0 saturated heterocycles. The number of rotatable bonds is 3. The van der Waals surface area contributed by atoms with Crippen LogP contribution in [0.4, 0.5) is 0 Å². The van der Waals surface area contributed by atoms with E-state index in [0.29, 0.717) is 0 Å². The Balaban J connectivity index is 2.60. The smallest absolute Gasteiger partial charge is 0.0385 e. The van der Waals surface area contributed by atoms with Crippen LogP contribution in [0.15, 0.2) is 16.4 Å². The van der Waals surface area contributed by atoms with Crippen molar-refractivity contribution in [2.45, 2.75) is 52.9 Å². The fraction of sp³-hybridized carbons (Fsp3) is 0.727. The van der Waals surface area contributed by atoms with Gasteiger partial charge in [0.2, 0.25) is 0 Å². The second-order valence-corrected chi connectivity index (χ2v) is 3.65. The van der Waals surface area contributed by atoms with Gasteiger partial charge in [-0.3, -0.25) is 5.43 Å². The molecule has 2 nitrogen and oxygen atoms in total. The lowest BCUT2D eigenvalue weighted by molar-refractivity contribution is 0.807. The average molecular weight is 180 g/mol. The minimum absolute atomic E-state index is 1.06. The molecule has 0 aliphatic carbocycles. The highest BCUT2D eigenvalue weighted by Gasteiger charge is 2.07. The molecule has 0 saturated carbocycles. The van der Waals surface area contributed by atoms with Gasteiger partial charge in [0, 0.05) is 11.4 Å². The maximum atomic E-state index is 4.42. The van der Waals surface area contributed by atoms with Crippen LogP contribution in [0.5, 0.6) is 0 Å². The van der Waals surface area contributed by atoms with Crippen molar-refractivity contribution in [3.8, 4) is 0 Å². The molecule has 0 aromatic carbocycles. The summed E-state index contributed by atoms with van der Waals surface area (Å²) in [6.45, 7) is 6.58. The molecule has 1 heterocycles. The lowest BCUT2D eigenvalue weighted by atomic mass is 10.0. The van der Waals surface area contributed by atoms with Crippen molar-refractivity contribution < 1.29 is 0 Å². The predicted octanol–water partition coefficient (Wildman–Crippen LogP) is 3.21. The molecule has 1 rings (SSSR count). The number of hydrogen-bond acceptors (Lipinski definition) is 2. The van der Waals surface area contributed by atoms with Gasteiger partial charge in [0.05, 0.1) is 0 Å². The SMILES string of the molecule is CCCC1=NNC(CC)=C(C)CC1. The van der Waals surface area contributed by atoms with Crippen LogP contribution in [-0.2, 0) is 0 Å². The highest BCUT2D eigenvalue weighted by atomic mass is 15.3. The van der Waals surface area contributed by atoms with Gasteiger partial charge in [-0.1, -0.05) is 25.8 Å². The van der Waals surface area contributed by atoms with Crippen LogP contribution in [0.1, 0.15) is 52.9 Å². The van der Waals surface area contributed by atoms with Crippen molar-refractivity contribution in [1.82, 2.24) is 5.43 Å². The quantitative estimate of drug-likeness (QED) is 0.708. The second-order valence-electron chi connectivity index (χ2n) is 3.65. The summed E-state index contributed by atoms with van der Waals surface area (Å²) in [4.78, 5) is 0. The number of hydrazone groups is 1. The van der Waals surface area contributed by atoms with Gasteiger partial charge in [0.1, 0.15) is 0 Å². The summed E-state index contributed by atoms with van der Waals surface area (Å²) >= 11 is 0. The monoisotopic (exact) mass is 180 g/mol. The second kappa shape index (κ2) is 5.05. The van der Waals surface area contributed by atoms with E-state index in [-0.39, 0.29) is 0 Å². The third-order valence-electron chi connectivity index (χ3n) is 2.54. The van der Waals surface area contributed by atoms with Crippen LogP contribution in [0.25, 0.3) is 0 Å². The van der Waals surface area contributed by atoms with Crippen LogP contribution < -0.4 is 5.43 Å². The van der Waals surface area contributed by atoms with E-state index in [1.54, 1.807) is 0 Å². The highest BCUT2D eigenvalue weighted by molar-refractivity contribution is 5.84. The van der Waals surface area contributed by atoms with Gasteiger partial charge in [-0.2, -0.15) is 5.10 Å². The zero-order valence-corrected chi connectivity index (χ0v) is 8.98. The van der Waals surface area contributed by atoms with E-state index in [1.807, 2.05) is 0 Å². The fourth-order valence-electron chi connectivity index (χ4n) is 1.63. The fourth-order valence-corrected chi connectivity index (χ4v) is 1.63. The molecule has 1 N–H and O–H groups in total. The van der Waals surface area contributed by atoms with E-state index in [4.69, 9.17) is 0 Å². The van der Waals surface area contributed by atoms with E-state index in [1.165, 1.54) is 29.8 Å². The van der Waals surface area contributed by atoms with Gasteiger partial charge in [-0.25, -0.2) is 0 Å². The normalized spacial score (nSPS) is 17.9. The molecular formula is C11H20N2. The third-order valence-corrected chi connectivity index (χ3v) is 2.54. The molecular weight excluding hydrogens is 160 g/mol. The Morgan fingerprint density at radius 1 is 1.31 bits per heavy atom. The van der Waals surface area contributed by atoms with Crippen molar-refractivity contribution in [2.24, 2.45) is 5.10 Å². The highest BCUT2D eigenvalue weighted by Crippen LogP contribution is 2.16. The van der Waals surface area contributed by atoms with Crippen molar-refractivity contribution in [3.05, 3.63) is 11.3 Å². The molecule has 1 aliphatic rings. The van der Waals surface area contributed by atoms with Crippen molar-refractivity contribution >= 4 is 5.71 Å². The molecule has 0 bridgehead atoms. The van der Waals surface area contributed by atoms with Gasteiger partial charge in [-0.15, -0.1) is 0 Å². The lowest BCUT2D eigenvalue weighted by Gasteiger charge is -2.04. The lowest BCUT2D eigenvalue weighted by Crippen LogP contribution is -2.07. The third kappa shape index (κ3) is 2.87. The summed E-state index contributed by atoms with van der Waals surface area (Å²) in [5, 5.41) is 4.42. The van der Waals surface area contributed by atoms with Crippen LogP contribution in [0.2, 0.25) is 0 Å². The summed E-state index contributed by atoms with van der Waals surface area (Å²) < 4.78 is 0. The van der Waals surface area contributed by atoms with Crippen molar-refractivity contribution in [3.63, 3.8) is 0 Å². The minimum atomic E-state index is 1.06. The van der Waals surface area contributed by atoms with E-state index in [2.05, 4.69) is 31.3 Å². The predicted molar refractivity (Wildman–Crippen MR) is 57.7 cm³/mol. The van der Waals surface area contributed by atoms with Gasteiger partial charge >= 0.3 is 0 Å². The molecule has 74 valence electrons. The van der Waals surface area contributed by atoms with E-state index < -0.39 is 0 Å². The van der Waals surface area contributed by atoms with Crippen LogP contribution in [0, 0.1) is 0 Å². The molecule has 13 heavy (non-hydrogen) atoms. The molecule has 0 atom stereocenters. The maximum Gasteiger partial charge on any atom is 0.0385 e. The number of nitrogens with one attached hydrogen (secondary N) is 1. The molecule has 0 aromatic heterocycles. The Morgan fingerprint density at radius 3 is 2.69 bits per heavy atom. The number of hydrogen-bond donors (Lipinski definition) is 1. The zero-order chi connectivity index (χ0) is 9.68. The van der Waals surface area contributed by atoms with Gasteiger partial charge in [0.25, 0.3) is 0 Å². The summed E-state index contributed by atoms with van der Waals surface area (Å²) in [6.07, 6.45) is 5.71. The van der Waals surface area contributed by atoms with E-state index >= 15 is 0 Å². The first-order valence-electron chi connectivity index (χ1n) is 5.28. The largest absolute Gasteiger partial charge is 0.283 e. The number of nitrogens with zero attached hydrogens (tertiary/aromatic N) is 1. The van der Waals surface area contributed by atoms with E-state index in [9.17, 15) is 0 Å². The first-order valence-corrected chi connectivity index (χ1v) is 5.28. The van der Waals surface area contributed by atoms with Crippen LogP contribution >= 0.6 is 0 Å². The molecule has 0 spiro atoms. The Bertz CT molecular complexity index is 226. The van der Waals surface area contributed by atoms with Crippen molar-refractivity contribution in [2.75, 3.05) is 0 Å². The van der Waals surface area contributed by atoms with Crippen molar-refractivity contribution in [1.29, 1.82) is 0 Å².